The van der Waals surface area contributed by atoms with Gasteiger partial charge in [0, 0.05) is 51.4 Å². The highest BCUT2D eigenvalue weighted by Crippen LogP contribution is 2.43. The molecule has 336 valence electrons. The number of aliphatic hydroxyl groups excluding tert-OH is 2. The van der Waals surface area contributed by atoms with Gasteiger partial charge in [0.1, 0.15) is 22.9 Å². The number of hydrogen-bond acceptors (Lipinski definition) is 18. The van der Waals surface area contributed by atoms with Gasteiger partial charge in [-0.2, -0.15) is 33.6 Å². The van der Waals surface area contributed by atoms with Gasteiger partial charge in [0.15, 0.2) is 0 Å². The van der Waals surface area contributed by atoms with Crippen molar-refractivity contribution in [2.45, 2.75) is 46.4 Å². The SMILES string of the molecule is CCN(CC)c1cc(Nc2nc(Nc3cc(N(CC)CC)c(OC)cc3N=Nc3cc(S(=O)(=O)O)ccc3C)nc(N(CCO)CCO)n2)c(N=Nc2ccccc2C)cc1OC. The molecular formula is C43H56N12O7S. The standard InChI is InChI=1S/C43H56N12O7S/c1-9-53(10-2)37-24-33(35(26-39(37)61-7)51-49-31-16-14-13-15-28(31)5)44-41-46-42(48-43(47-41)55(19-21-56)20-22-57)45-34-25-38(54(11-3)12-4)40(62-8)27-36(34)52-50-32-23-30(63(58,59)60)18-17-29(32)6/h13-18,23-27,56-57H,9-12,19-22H2,1-8H3,(H,58,59,60)(H2,44,45,46,47,48). The summed E-state index contributed by atoms with van der Waals surface area (Å²) in [5, 5.41) is 44.8. The molecule has 0 unspecified atom stereocenters. The van der Waals surface area contributed by atoms with Crippen LogP contribution in [0.15, 0.2) is 92.1 Å². The largest absolute Gasteiger partial charge is 0.494 e. The Balaban J connectivity index is 1.71. The van der Waals surface area contributed by atoms with Crippen molar-refractivity contribution in [1.29, 1.82) is 0 Å². The molecule has 0 amide bonds. The van der Waals surface area contributed by atoms with Crippen LogP contribution in [0.25, 0.3) is 0 Å². The summed E-state index contributed by atoms with van der Waals surface area (Å²) >= 11 is 0. The molecule has 0 aliphatic heterocycles. The van der Waals surface area contributed by atoms with Crippen LogP contribution in [0.4, 0.5) is 63.3 Å². The van der Waals surface area contributed by atoms with Crippen LogP contribution in [-0.4, -0.2) is 105 Å². The van der Waals surface area contributed by atoms with Gasteiger partial charge in [-0.1, -0.05) is 24.3 Å². The molecule has 0 saturated carbocycles. The van der Waals surface area contributed by atoms with Crippen LogP contribution in [-0.2, 0) is 10.1 Å². The molecule has 20 heteroatoms. The molecule has 5 N–H and O–H groups in total. The van der Waals surface area contributed by atoms with E-state index in [2.05, 4.69) is 40.9 Å². The van der Waals surface area contributed by atoms with Gasteiger partial charge in [-0.15, -0.1) is 10.2 Å². The lowest BCUT2D eigenvalue weighted by Crippen LogP contribution is -2.31. The first-order valence-corrected chi connectivity index (χ1v) is 21.9. The number of azo groups is 2. The van der Waals surface area contributed by atoms with Crippen molar-refractivity contribution in [3.05, 3.63) is 77.9 Å². The number of methoxy groups -OCH3 is 2. The second-order valence-corrected chi connectivity index (χ2v) is 15.4. The van der Waals surface area contributed by atoms with Gasteiger partial charge in [-0.25, -0.2) is 0 Å². The van der Waals surface area contributed by atoms with E-state index in [0.717, 1.165) is 16.9 Å². The number of hydrogen-bond donors (Lipinski definition) is 5. The Morgan fingerprint density at radius 2 is 1.06 bits per heavy atom. The predicted octanol–water partition coefficient (Wildman–Crippen LogP) is 8.55. The van der Waals surface area contributed by atoms with Crippen molar-refractivity contribution in [2.75, 3.05) is 92.0 Å². The van der Waals surface area contributed by atoms with Crippen LogP contribution in [0.5, 0.6) is 11.5 Å². The summed E-state index contributed by atoms with van der Waals surface area (Å²) in [6, 6.07) is 18.9. The van der Waals surface area contributed by atoms with Crippen LogP contribution in [0.2, 0.25) is 0 Å². The molecule has 0 bridgehead atoms. The maximum absolute atomic E-state index is 12.0. The summed E-state index contributed by atoms with van der Waals surface area (Å²) in [5.74, 6) is 1.36. The van der Waals surface area contributed by atoms with Gasteiger partial charge in [0.25, 0.3) is 10.1 Å². The lowest BCUT2D eigenvalue weighted by molar-refractivity contribution is 0.280. The van der Waals surface area contributed by atoms with Crippen LogP contribution in [0.1, 0.15) is 38.8 Å². The van der Waals surface area contributed by atoms with Gasteiger partial charge in [0.2, 0.25) is 17.8 Å². The first kappa shape index (κ1) is 47.6. The lowest BCUT2D eigenvalue weighted by atomic mass is 10.2. The Hall–Kier alpha value is -6.48. The number of ether oxygens (including phenoxy) is 2. The van der Waals surface area contributed by atoms with E-state index in [1.54, 1.807) is 38.2 Å². The Morgan fingerprint density at radius 3 is 1.51 bits per heavy atom. The lowest BCUT2D eigenvalue weighted by Gasteiger charge is -2.25. The number of aryl methyl sites for hydroxylation is 2. The van der Waals surface area contributed by atoms with Gasteiger partial charge in [0.05, 0.1) is 66.5 Å². The van der Waals surface area contributed by atoms with Crippen LogP contribution >= 0.6 is 0 Å². The molecular weight excluding hydrogens is 829 g/mol. The normalized spacial score (nSPS) is 11.6. The number of rotatable bonds is 22. The van der Waals surface area contributed by atoms with E-state index < -0.39 is 10.1 Å². The minimum absolute atomic E-state index is 0.0561. The molecule has 63 heavy (non-hydrogen) atoms. The van der Waals surface area contributed by atoms with E-state index in [0.29, 0.717) is 66.0 Å². The van der Waals surface area contributed by atoms with E-state index in [1.165, 1.54) is 18.2 Å². The van der Waals surface area contributed by atoms with Gasteiger partial charge >= 0.3 is 0 Å². The first-order chi connectivity index (χ1) is 30.3. The number of aliphatic hydroxyl groups is 2. The topological polar surface area (TPSA) is 235 Å². The monoisotopic (exact) mass is 884 g/mol. The number of nitrogens with zero attached hydrogens (tertiary/aromatic N) is 10. The second-order valence-electron chi connectivity index (χ2n) is 14.0. The highest BCUT2D eigenvalue weighted by Gasteiger charge is 2.21. The number of aromatic nitrogens is 3. The van der Waals surface area contributed by atoms with E-state index in [1.807, 2.05) is 71.0 Å². The van der Waals surface area contributed by atoms with Crippen molar-refractivity contribution < 1.29 is 32.7 Å². The predicted molar refractivity (Wildman–Crippen MR) is 246 cm³/mol. The first-order valence-electron chi connectivity index (χ1n) is 20.5. The minimum atomic E-state index is -4.51. The van der Waals surface area contributed by atoms with Gasteiger partial charge < -0.3 is 45.0 Å². The van der Waals surface area contributed by atoms with Crippen molar-refractivity contribution in [1.82, 2.24) is 15.0 Å². The summed E-state index contributed by atoms with van der Waals surface area (Å²) in [6.07, 6.45) is 0. The molecule has 0 aliphatic carbocycles. The molecule has 1 heterocycles. The highest BCUT2D eigenvalue weighted by molar-refractivity contribution is 7.85. The van der Waals surface area contributed by atoms with E-state index in [9.17, 15) is 23.2 Å². The van der Waals surface area contributed by atoms with Crippen molar-refractivity contribution in [2.24, 2.45) is 20.5 Å². The second kappa shape index (κ2) is 22.0. The fraction of sp³-hybridized carbons (Fsp3) is 0.372. The van der Waals surface area contributed by atoms with Crippen LogP contribution in [0.3, 0.4) is 0 Å². The zero-order chi connectivity index (χ0) is 45.7. The Morgan fingerprint density at radius 1 is 0.603 bits per heavy atom. The maximum Gasteiger partial charge on any atom is 0.294 e. The Bertz CT molecular complexity index is 2510. The third kappa shape index (κ3) is 11.9. The average Bonchev–Trinajstić information content (AvgIpc) is 3.27. The fourth-order valence-electron chi connectivity index (χ4n) is 6.59. The van der Waals surface area contributed by atoms with E-state index in [4.69, 9.17) is 24.4 Å². The van der Waals surface area contributed by atoms with E-state index >= 15 is 0 Å². The van der Waals surface area contributed by atoms with Crippen molar-refractivity contribution >= 4 is 73.5 Å². The van der Waals surface area contributed by atoms with E-state index in [-0.39, 0.29) is 60.4 Å². The number of nitrogens with one attached hydrogen (secondary N) is 2. The summed E-state index contributed by atoms with van der Waals surface area (Å²) in [6.45, 7) is 14.2. The molecule has 0 atom stereocenters. The highest BCUT2D eigenvalue weighted by atomic mass is 32.2. The summed E-state index contributed by atoms with van der Waals surface area (Å²) in [5.41, 5.74) is 5.57. The molecule has 0 aliphatic rings. The molecule has 0 fully saturated rings. The third-order valence-electron chi connectivity index (χ3n) is 10.1. The number of anilines is 7. The third-order valence-corrected chi connectivity index (χ3v) is 10.9. The summed E-state index contributed by atoms with van der Waals surface area (Å²) < 4.78 is 45.3. The van der Waals surface area contributed by atoms with Crippen molar-refractivity contribution in [3.8, 4) is 11.5 Å². The van der Waals surface area contributed by atoms with Gasteiger partial charge in [-0.3, -0.25) is 4.55 Å². The quantitative estimate of drug-likeness (QED) is 0.0323. The van der Waals surface area contributed by atoms with Gasteiger partial charge in [-0.05, 0) is 83.0 Å². The molecule has 19 nitrogen and oxygen atoms in total. The number of benzene rings is 4. The zero-order valence-electron chi connectivity index (χ0n) is 36.9. The Labute approximate surface area is 368 Å². The zero-order valence-corrected chi connectivity index (χ0v) is 37.7. The summed E-state index contributed by atoms with van der Waals surface area (Å²) in [4.78, 5) is 19.8. The molecule has 0 spiro atoms. The Kier molecular flexibility index (Phi) is 16.6. The summed E-state index contributed by atoms with van der Waals surface area (Å²) in [7, 11) is -1.37. The maximum atomic E-state index is 12.0. The molecule has 5 rings (SSSR count). The average molecular weight is 885 g/mol. The molecule has 4 aromatic carbocycles. The molecule has 0 saturated heterocycles. The fourth-order valence-corrected chi connectivity index (χ4v) is 7.09. The van der Waals surface area contributed by atoms with Crippen LogP contribution < -0.4 is 34.8 Å². The smallest absolute Gasteiger partial charge is 0.294 e. The minimum Gasteiger partial charge on any atom is -0.494 e. The molecule has 0 radical (unpaired) electrons. The van der Waals surface area contributed by atoms with Crippen LogP contribution in [0, 0.1) is 13.8 Å². The van der Waals surface area contributed by atoms with Crippen molar-refractivity contribution in [3.63, 3.8) is 0 Å². The molecule has 1 aromatic heterocycles. The molecule has 5 aromatic rings.